The first kappa shape index (κ1) is 16.8. The zero-order valence-electron chi connectivity index (χ0n) is 14.9. The van der Waals surface area contributed by atoms with Gasteiger partial charge in [-0.1, -0.05) is 63.5 Å². The molecular formula is C20H24NO3P. The molecule has 0 spiro atoms. The number of rotatable bonds is 3. The van der Waals surface area contributed by atoms with Crippen LogP contribution in [0.3, 0.4) is 0 Å². The van der Waals surface area contributed by atoms with Crippen LogP contribution in [0.2, 0.25) is 0 Å². The third-order valence-electron chi connectivity index (χ3n) is 6.37. The van der Waals surface area contributed by atoms with E-state index in [1.54, 1.807) is 0 Å². The van der Waals surface area contributed by atoms with Crippen LogP contribution >= 0.6 is 7.92 Å². The Kier molecular flexibility index (Phi) is 3.99. The van der Waals surface area contributed by atoms with Gasteiger partial charge in [0.2, 0.25) is 5.91 Å². The van der Waals surface area contributed by atoms with Crippen LogP contribution in [-0.4, -0.2) is 41.4 Å². The third kappa shape index (κ3) is 2.54. The highest BCUT2D eigenvalue weighted by atomic mass is 31.1. The first-order valence-corrected chi connectivity index (χ1v) is 10.6. The number of ether oxygens (including phenoxy) is 1. The molecule has 2 bridgehead atoms. The smallest absolute Gasteiger partial charge is 0.417 e. The van der Waals surface area contributed by atoms with Crippen LogP contribution in [0, 0.1) is 11.3 Å². The molecule has 4 rings (SSSR count). The molecule has 0 N–H and O–H groups in total. The summed E-state index contributed by atoms with van der Waals surface area (Å²) in [4.78, 5) is 27.0. The van der Waals surface area contributed by atoms with Crippen LogP contribution < -0.4 is 0 Å². The van der Waals surface area contributed by atoms with Crippen molar-refractivity contribution < 1.29 is 14.3 Å². The summed E-state index contributed by atoms with van der Waals surface area (Å²) >= 11 is 0. The number of nitrogens with zero attached hydrogens (tertiary/aromatic N) is 1. The maximum atomic E-state index is 13.3. The number of hydrogen-bond donors (Lipinski definition) is 0. The second kappa shape index (κ2) is 5.95. The number of cyclic esters (lactones) is 1. The third-order valence-corrected chi connectivity index (χ3v) is 9.50. The second-order valence-electron chi connectivity index (χ2n) is 7.76. The summed E-state index contributed by atoms with van der Waals surface area (Å²) in [7, 11) is -0.473. The van der Waals surface area contributed by atoms with Crippen LogP contribution in [0.4, 0.5) is 4.79 Å². The minimum atomic E-state index is -0.473. The lowest BCUT2D eigenvalue weighted by atomic mass is 9.73. The van der Waals surface area contributed by atoms with E-state index in [1.165, 1.54) is 10.5 Å². The molecule has 0 aromatic heterocycles. The molecule has 132 valence electrons. The number of benzene rings is 1. The molecular weight excluding hydrogens is 333 g/mol. The first-order valence-electron chi connectivity index (χ1n) is 8.90. The number of amides is 2. The zero-order chi connectivity index (χ0) is 17.8. The SMILES string of the molecule is CC1=CP2CC1(C)[C@@H](C)[C@@H]2C(=O)N1C(=O)OC[C@@H]1Cc1ccccc1. The number of hydrogen-bond acceptors (Lipinski definition) is 3. The molecule has 5 atom stereocenters. The van der Waals surface area contributed by atoms with Gasteiger partial charge < -0.3 is 4.74 Å². The first-order chi connectivity index (χ1) is 11.9. The van der Waals surface area contributed by atoms with Crippen LogP contribution in [0.25, 0.3) is 0 Å². The highest BCUT2D eigenvalue weighted by Crippen LogP contribution is 2.70. The zero-order valence-corrected chi connectivity index (χ0v) is 15.8. The Bertz CT molecular complexity index is 747. The topological polar surface area (TPSA) is 46.6 Å². The van der Waals surface area contributed by atoms with Crippen molar-refractivity contribution >= 4 is 19.9 Å². The highest BCUT2D eigenvalue weighted by Gasteiger charge is 2.57. The van der Waals surface area contributed by atoms with Gasteiger partial charge in [0.1, 0.15) is 6.61 Å². The standard InChI is InChI=1S/C20H24NO3P/c1-13-11-25-12-20(13,3)14(2)17(25)18(22)21-16(10-24-19(21)23)9-15-7-5-4-6-8-15/h4-8,11,14,16-17H,9-10,12H2,1-3H3/t14-,16-,17+,20?,25?/m0/s1. The Morgan fingerprint density at radius 1 is 1.36 bits per heavy atom. The Morgan fingerprint density at radius 2 is 2.08 bits per heavy atom. The molecule has 0 radical (unpaired) electrons. The average molecular weight is 357 g/mol. The van der Waals surface area contributed by atoms with E-state index >= 15 is 0 Å². The van der Waals surface area contributed by atoms with Gasteiger partial charge in [0.15, 0.2) is 0 Å². The summed E-state index contributed by atoms with van der Waals surface area (Å²) in [6, 6.07) is 9.80. The normalized spacial score (nSPS) is 36.5. The number of fused-ring (bicyclic) bond motifs is 2. The van der Waals surface area contributed by atoms with Crippen molar-refractivity contribution in [3.05, 3.63) is 47.3 Å². The molecule has 3 aliphatic rings. The molecule has 0 aliphatic carbocycles. The summed E-state index contributed by atoms with van der Waals surface area (Å²) in [6.07, 6.45) is 1.27. The van der Waals surface area contributed by atoms with Crippen LogP contribution in [0.5, 0.6) is 0 Å². The molecule has 5 heteroatoms. The summed E-state index contributed by atoms with van der Waals surface area (Å²) in [5.41, 5.74) is 2.61. The van der Waals surface area contributed by atoms with Gasteiger partial charge in [0.25, 0.3) is 0 Å². The molecule has 2 fully saturated rings. The van der Waals surface area contributed by atoms with E-state index in [-0.39, 0.29) is 28.9 Å². The maximum Gasteiger partial charge on any atom is 0.417 e. The average Bonchev–Trinajstić information content (AvgIpc) is 3.17. The lowest BCUT2D eigenvalue weighted by molar-refractivity contribution is -0.129. The van der Waals surface area contributed by atoms with Crippen molar-refractivity contribution in [1.29, 1.82) is 0 Å². The Hall–Kier alpha value is -1.67. The van der Waals surface area contributed by atoms with Crippen LogP contribution in [0.15, 0.2) is 41.7 Å². The van der Waals surface area contributed by atoms with Crippen molar-refractivity contribution in [2.24, 2.45) is 11.3 Å². The lowest BCUT2D eigenvalue weighted by Crippen LogP contribution is -2.47. The van der Waals surface area contributed by atoms with E-state index in [4.69, 9.17) is 4.74 Å². The van der Waals surface area contributed by atoms with Crippen molar-refractivity contribution in [3.8, 4) is 0 Å². The number of allylic oxidation sites excluding steroid dienone is 1. The predicted octanol–water partition coefficient (Wildman–Crippen LogP) is 4.00. The fraction of sp³-hybridized carbons (Fsp3) is 0.500. The Balaban J connectivity index is 1.57. The van der Waals surface area contributed by atoms with E-state index in [0.29, 0.717) is 13.0 Å². The largest absolute Gasteiger partial charge is 0.447 e. The molecule has 2 amide bonds. The van der Waals surface area contributed by atoms with E-state index in [9.17, 15) is 9.59 Å². The van der Waals surface area contributed by atoms with Gasteiger partial charge in [-0.2, -0.15) is 0 Å². The molecule has 1 aromatic rings. The van der Waals surface area contributed by atoms with E-state index < -0.39 is 14.0 Å². The molecule has 2 saturated heterocycles. The highest BCUT2D eigenvalue weighted by molar-refractivity contribution is 7.63. The fourth-order valence-electron chi connectivity index (χ4n) is 4.53. The molecule has 25 heavy (non-hydrogen) atoms. The number of imide groups is 1. The van der Waals surface area contributed by atoms with Crippen molar-refractivity contribution in [3.63, 3.8) is 0 Å². The van der Waals surface area contributed by atoms with Crippen LogP contribution in [-0.2, 0) is 16.0 Å². The second-order valence-corrected chi connectivity index (χ2v) is 9.92. The summed E-state index contributed by atoms with van der Waals surface area (Å²) in [6.45, 7) is 6.92. The number of carbonyl (C=O) groups excluding carboxylic acids is 2. The van der Waals surface area contributed by atoms with Gasteiger partial charge in [-0.05, 0) is 36.4 Å². The van der Waals surface area contributed by atoms with E-state index in [1.807, 2.05) is 30.3 Å². The molecule has 0 saturated carbocycles. The lowest BCUT2D eigenvalue weighted by Gasteiger charge is -2.35. The monoisotopic (exact) mass is 357 g/mol. The molecule has 3 heterocycles. The van der Waals surface area contributed by atoms with Gasteiger partial charge in [-0.15, -0.1) is 0 Å². The Morgan fingerprint density at radius 3 is 2.72 bits per heavy atom. The molecule has 3 aliphatic heterocycles. The van der Waals surface area contributed by atoms with Gasteiger partial charge in [0.05, 0.1) is 11.7 Å². The van der Waals surface area contributed by atoms with E-state index in [2.05, 4.69) is 26.6 Å². The van der Waals surface area contributed by atoms with Gasteiger partial charge in [-0.25, -0.2) is 9.69 Å². The predicted molar refractivity (Wildman–Crippen MR) is 98.7 cm³/mol. The van der Waals surface area contributed by atoms with Gasteiger partial charge in [0, 0.05) is 0 Å². The van der Waals surface area contributed by atoms with Crippen molar-refractivity contribution in [1.82, 2.24) is 4.90 Å². The minimum absolute atomic E-state index is 0.0190. The quantitative estimate of drug-likeness (QED) is 0.768. The van der Waals surface area contributed by atoms with Crippen molar-refractivity contribution in [2.45, 2.75) is 38.9 Å². The molecule has 1 aromatic carbocycles. The van der Waals surface area contributed by atoms with Crippen molar-refractivity contribution in [2.75, 3.05) is 12.8 Å². The molecule has 2 unspecified atom stereocenters. The van der Waals surface area contributed by atoms with Gasteiger partial charge >= 0.3 is 6.09 Å². The molecule has 4 nitrogen and oxygen atoms in total. The minimum Gasteiger partial charge on any atom is -0.447 e. The maximum absolute atomic E-state index is 13.3. The summed E-state index contributed by atoms with van der Waals surface area (Å²) in [5.74, 6) is 2.57. The summed E-state index contributed by atoms with van der Waals surface area (Å²) < 4.78 is 5.25. The summed E-state index contributed by atoms with van der Waals surface area (Å²) in [5, 5.41) is 0. The van der Waals surface area contributed by atoms with Crippen LogP contribution in [0.1, 0.15) is 26.3 Å². The van der Waals surface area contributed by atoms with Gasteiger partial charge in [-0.3, -0.25) is 4.79 Å². The Labute approximate surface area is 150 Å². The fourth-order valence-corrected chi connectivity index (χ4v) is 8.38. The number of carbonyl (C=O) groups is 2. The van der Waals surface area contributed by atoms with E-state index in [0.717, 1.165) is 11.7 Å².